The average Bonchev–Trinajstić information content (AvgIpc) is 2.80. The molecular weight excluding hydrogens is 252 g/mol. The molecule has 0 amide bonds. The van der Waals surface area contributed by atoms with Gasteiger partial charge in [0.2, 0.25) is 0 Å². The highest BCUT2D eigenvalue weighted by Gasteiger charge is 2.06. The van der Waals surface area contributed by atoms with E-state index in [0.29, 0.717) is 16.7 Å². The molecule has 0 unspecified atom stereocenters. The van der Waals surface area contributed by atoms with E-state index >= 15 is 0 Å². The molecule has 0 aliphatic heterocycles. The molecule has 96 valence electrons. The van der Waals surface area contributed by atoms with E-state index in [9.17, 15) is 0 Å². The number of allylic oxidation sites excluding steroid dienone is 6. The fourth-order valence-corrected chi connectivity index (χ4v) is 1.08. The maximum Gasteiger partial charge on any atom is 0.264 e. The number of hydrogen-bond acceptors (Lipinski definition) is 4. The Morgan fingerprint density at radius 1 is 1.44 bits per heavy atom. The van der Waals surface area contributed by atoms with Gasteiger partial charge in [-0.15, -0.1) is 0 Å². The van der Waals surface area contributed by atoms with Crippen LogP contribution in [0.15, 0.2) is 46.7 Å². The summed E-state index contributed by atoms with van der Waals surface area (Å²) in [6.45, 7) is 7.43. The van der Waals surface area contributed by atoms with Crippen molar-refractivity contribution < 1.29 is 9.26 Å². The molecule has 0 atom stereocenters. The SMILES string of the molecule is C=C/C=C\OCc1nc(/C(C)=C/C=C(\C)Cl)no1. The van der Waals surface area contributed by atoms with Gasteiger partial charge < -0.3 is 9.26 Å². The summed E-state index contributed by atoms with van der Waals surface area (Å²) in [5.74, 6) is 0.938. The van der Waals surface area contributed by atoms with E-state index in [1.807, 2.05) is 13.0 Å². The van der Waals surface area contributed by atoms with Crippen LogP contribution in [0.4, 0.5) is 0 Å². The highest BCUT2D eigenvalue weighted by molar-refractivity contribution is 6.29. The molecule has 1 aromatic rings. The van der Waals surface area contributed by atoms with Crippen LogP contribution >= 0.6 is 11.6 Å². The smallest absolute Gasteiger partial charge is 0.264 e. The molecule has 1 aromatic heterocycles. The Labute approximate surface area is 111 Å². The van der Waals surface area contributed by atoms with E-state index < -0.39 is 0 Å². The zero-order valence-corrected chi connectivity index (χ0v) is 11.1. The van der Waals surface area contributed by atoms with Gasteiger partial charge in [-0.2, -0.15) is 4.98 Å². The molecule has 0 radical (unpaired) electrons. The molecule has 5 heteroatoms. The van der Waals surface area contributed by atoms with E-state index in [1.54, 1.807) is 25.2 Å². The van der Waals surface area contributed by atoms with Crippen molar-refractivity contribution in [3.05, 3.63) is 53.9 Å². The normalized spacial score (nSPS) is 13.1. The van der Waals surface area contributed by atoms with Crippen LogP contribution in [-0.4, -0.2) is 10.1 Å². The van der Waals surface area contributed by atoms with Crippen LogP contribution < -0.4 is 0 Å². The predicted molar refractivity (Wildman–Crippen MR) is 71.7 cm³/mol. The maximum absolute atomic E-state index is 5.73. The third-order valence-electron chi connectivity index (χ3n) is 1.90. The quantitative estimate of drug-likeness (QED) is 0.580. The minimum Gasteiger partial charge on any atom is -0.491 e. The van der Waals surface area contributed by atoms with Crippen molar-refractivity contribution in [2.75, 3.05) is 0 Å². The summed E-state index contributed by atoms with van der Waals surface area (Å²) in [5.41, 5.74) is 0.867. The van der Waals surface area contributed by atoms with Crippen molar-refractivity contribution in [2.24, 2.45) is 0 Å². The molecule has 4 nitrogen and oxygen atoms in total. The predicted octanol–water partition coefficient (Wildman–Crippen LogP) is 3.83. The molecular formula is C13H15ClN2O2. The molecule has 1 heterocycles. The van der Waals surface area contributed by atoms with Gasteiger partial charge in [-0.05, 0) is 31.6 Å². The van der Waals surface area contributed by atoms with Crippen LogP contribution in [0, 0.1) is 0 Å². The van der Waals surface area contributed by atoms with Gasteiger partial charge in [-0.3, -0.25) is 0 Å². The average molecular weight is 267 g/mol. The largest absolute Gasteiger partial charge is 0.491 e. The number of nitrogens with zero attached hydrogens (tertiary/aromatic N) is 2. The van der Waals surface area contributed by atoms with Gasteiger partial charge >= 0.3 is 0 Å². The first-order valence-corrected chi connectivity index (χ1v) is 5.74. The first-order valence-electron chi connectivity index (χ1n) is 5.36. The number of ether oxygens (including phenoxy) is 1. The monoisotopic (exact) mass is 266 g/mol. The molecule has 18 heavy (non-hydrogen) atoms. The fraction of sp³-hybridized carbons (Fsp3) is 0.231. The summed E-state index contributed by atoms with van der Waals surface area (Å²) in [6, 6.07) is 0. The van der Waals surface area contributed by atoms with Crippen molar-refractivity contribution >= 4 is 17.2 Å². The Morgan fingerprint density at radius 3 is 2.89 bits per heavy atom. The lowest BCUT2D eigenvalue weighted by Gasteiger charge is -1.92. The van der Waals surface area contributed by atoms with Crippen molar-refractivity contribution in [3.63, 3.8) is 0 Å². The van der Waals surface area contributed by atoms with E-state index in [1.165, 1.54) is 6.26 Å². The summed E-state index contributed by atoms with van der Waals surface area (Å²) in [5, 5.41) is 4.53. The van der Waals surface area contributed by atoms with Crippen molar-refractivity contribution in [1.82, 2.24) is 10.1 Å². The Balaban J connectivity index is 2.62. The van der Waals surface area contributed by atoms with E-state index in [-0.39, 0.29) is 6.61 Å². The lowest BCUT2D eigenvalue weighted by molar-refractivity contribution is 0.192. The number of rotatable bonds is 6. The molecule has 0 N–H and O–H groups in total. The number of halogens is 1. The summed E-state index contributed by atoms with van der Waals surface area (Å²) < 4.78 is 10.2. The minimum atomic E-state index is 0.231. The van der Waals surface area contributed by atoms with Crippen LogP contribution in [0.2, 0.25) is 0 Å². The van der Waals surface area contributed by atoms with Gasteiger partial charge in [0.25, 0.3) is 5.89 Å². The molecule has 1 rings (SSSR count). The van der Waals surface area contributed by atoms with Crippen LogP contribution in [0.3, 0.4) is 0 Å². The zero-order valence-electron chi connectivity index (χ0n) is 10.4. The summed E-state index contributed by atoms with van der Waals surface area (Å²) >= 11 is 5.73. The van der Waals surface area contributed by atoms with E-state index in [0.717, 1.165) is 5.57 Å². The Hall–Kier alpha value is -1.81. The molecule has 0 saturated heterocycles. The van der Waals surface area contributed by atoms with Crippen molar-refractivity contribution in [2.45, 2.75) is 20.5 Å². The Bertz CT molecular complexity index is 483. The van der Waals surface area contributed by atoms with Gasteiger partial charge in [0.05, 0.1) is 6.26 Å². The third kappa shape index (κ3) is 5.01. The topological polar surface area (TPSA) is 48.2 Å². The molecule has 0 fully saturated rings. The Morgan fingerprint density at radius 2 is 2.22 bits per heavy atom. The number of aromatic nitrogens is 2. The van der Waals surface area contributed by atoms with Crippen LogP contribution in [-0.2, 0) is 11.3 Å². The third-order valence-corrected chi connectivity index (χ3v) is 2.03. The van der Waals surface area contributed by atoms with Gasteiger partial charge in [-0.1, -0.05) is 35.5 Å². The molecule has 0 aliphatic carbocycles. The lowest BCUT2D eigenvalue weighted by Crippen LogP contribution is -1.88. The molecule has 0 spiro atoms. The molecule has 0 bridgehead atoms. The molecule has 0 aromatic carbocycles. The van der Waals surface area contributed by atoms with Gasteiger partial charge in [-0.25, -0.2) is 0 Å². The molecule has 0 saturated carbocycles. The van der Waals surface area contributed by atoms with Crippen LogP contribution in [0.25, 0.3) is 5.57 Å². The van der Waals surface area contributed by atoms with Gasteiger partial charge in [0, 0.05) is 5.03 Å². The van der Waals surface area contributed by atoms with Gasteiger partial charge in [0.1, 0.15) is 0 Å². The molecule has 0 aliphatic rings. The standard InChI is InChI=1S/C13H15ClN2O2/c1-4-5-8-17-9-12-15-13(16-18-12)10(2)6-7-11(3)14/h4-8H,1,9H2,2-3H3/b8-5-,10-6+,11-7+. The maximum atomic E-state index is 5.73. The second kappa shape index (κ2) is 7.50. The van der Waals surface area contributed by atoms with Crippen LogP contribution in [0.1, 0.15) is 25.6 Å². The minimum absolute atomic E-state index is 0.231. The van der Waals surface area contributed by atoms with Crippen molar-refractivity contribution in [3.8, 4) is 0 Å². The second-order valence-electron chi connectivity index (χ2n) is 3.49. The summed E-state index contributed by atoms with van der Waals surface area (Å²) in [6.07, 6.45) is 8.41. The lowest BCUT2D eigenvalue weighted by atomic mass is 10.2. The Kier molecular flexibility index (Phi) is 5.94. The summed E-state index contributed by atoms with van der Waals surface area (Å²) in [7, 11) is 0. The fourth-order valence-electron chi connectivity index (χ4n) is 1.02. The zero-order chi connectivity index (χ0) is 13.4. The second-order valence-corrected chi connectivity index (χ2v) is 4.09. The first-order chi connectivity index (χ1) is 8.63. The number of hydrogen-bond donors (Lipinski definition) is 0. The highest BCUT2D eigenvalue weighted by atomic mass is 35.5. The summed E-state index contributed by atoms with van der Waals surface area (Å²) in [4.78, 5) is 4.18. The van der Waals surface area contributed by atoms with E-state index in [2.05, 4.69) is 16.7 Å². The first kappa shape index (κ1) is 14.3. The van der Waals surface area contributed by atoms with Crippen LogP contribution in [0.5, 0.6) is 0 Å². The van der Waals surface area contributed by atoms with Crippen molar-refractivity contribution in [1.29, 1.82) is 0 Å². The highest BCUT2D eigenvalue weighted by Crippen LogP contribution is 2.11. The van der Waals surface area contributed by atoms with E-state index in [4.69, 9.17) is 20.9 Å². The van der Waals surface area contributed by atoms with Gasteiger partial charge in [0.15, 0.2) is 12.4 Å².